The minimum atomic E-state index is -0.465. The summed E-state index contributed by atoms with van der Waals surface area (Å²) in [4.78, 5) is 0. The predicted molar refractivity (Wildman–Crippen MR) is 68.0 cm³/mol. The second kappa shape index (κ2) is 5.89. The number of hydrogen-bond donors (Lipinski definition) is 1. The van der Waals surface area contributed by atoms with E-state index in [1.807, 2.05) is 6.92 Å². The van der Waals surface area contributed by atoms with Crippen molar-refractivity contribution in [3.63, 3.8) is 0 Å². The molecule has 0 aromatic heterocycles. The summed E-state index contributed by atoms with van der Waals surface area (Å²) in [6.07, 6.45) is 0. The van der Waals surface area contributed by atoms with Gasteiger partial charge in [-0.1, -0.05) is 12.1 Å². The molecule has 1 N–H and O–H groups in total. The molecule has 19 heavy (non-hydrogen) atoms. The normalized spacial score (nSPS) is 12.4. The third kappa shape index (κ3) is 3.58. The van der Waals surface area contributed by atoms with Gasteiger partial charge in [0.15, 0.2) is 0 Å². The number of benzene rings is 2. The number of halogens is 3. The van der Waals surface area contributed by atoms with Gasteiger partial charge in [0.05, 0.1) is 0 Å². The maximum absolute atomic E-state index is 13.4. The lowest BCUT2D eigenvalue weighted by molar-refractivity contribution is 0.534. The molecule has 4 heteroatoms. The Bertz CT molecular complexity index is 552. The quantitative estimate of drug-likeness (QED) is 0.882. The molecular weight excluding hydrogens is 251 g/mol. The largest absolute Gasteiger partial charge is 0.306 e. The Morgan fingerprint density at radius 2 is 1.58 bits per heavy atom. The molecule has 1 atom stereocenters. The summed E-state index contributed by atoms with van der Waals surface area (Å²) in [6, 6.07) is 9.34. The third-order valence-corrected chi connectivity index (χ3v) is 2.98. The van der Waals surface area contributed by atoms with Gasteiger partial charge in [-0.2, -0.15) is 0 Å². The maximum atomic E-state index is 13.4. The van der Waals surface area contributed by atoms with Crippen LogP contribution in [-0.2, 0) is 6.54 Å². The van der Waals surface area contributed by atoms with Gasteiger partial charge >= 0.3 is 0 Å². The van der Waals surface area contributed by atoms with Crippen LogP contribution in [0.4, 0.5) is 13.2 Å². The molecule has 0 heterocycles. The molecule has 2 aromatic rings. The van der Waals surface area contributed by atoms with Crippen LogP contribution in [-0.4, -0.2) is 0 Å². The summed E-state index contributed by atoms with van der Waals surface area (Å²) in [6.45, 7) is 2.09. The highest BCUT2D eigenvalue weighted by molar-refractivity contribution is 5.21. The standard InChI is InChI=1S/C15H14F3N/c1-10(11-2-4-13(16)5-3-11)19-9-12-8-14(17)6-7-15(12)18/h2-8,10,19H,9H2,1H3. The van der Waals surface area contributed by atoms with Gasteiger partial charge in [0.25, 0.3) is 0 Å². The lowest BCUT2D eigenvalue weighted by Gasteiger charge is -2.14. The molecule has 0 aliphatic carbocycles. The van der Waals surface area contributed by atoms with Gasteiger partial charge in [0.2, 0.25) is 0 Å². The molecule has 0 saturated carbocycles. The minimum absolute atomic E-state index is 0.0803. The van der Waals surface area contributed by atoms with E-state index >= 15 is 0 Å². The molecule has 0 bridgehead atoms. The zero-order valence-corrected chi connectivity index (χ0v) is 10.5. The first kappa shape index (κ1) is 13.6. The van der Waals surface area contributed by atoms with E-state index in [9.17, 15) is 13.2 Å². The zero-order chi connectivity index (χ0) is 13.8. The molecule has 1 unspecified atom stereocenters. The van der Waals surface area contributed by atoms with E-state index in [1.54, 1.807) is 12.1 Å². The summed E-state index contributed by atoms with van der Waals surface area (Å²) >= 11 is 0. The van der Waals surface area contributed by atoms with Gasteiger partial charge in [-0.15, -0.1) is 0 Å². The highest BCUT2D eigenvalue weighted by Gasteiger charge is 2.08. The van der Waals surface area contributed by atoms with Gasteiger partial charge in [-0.3, -0.25) is 0 Å². The van der Waals surface area contributed by atoms with Crippen molar-refractivity contribution in [2.45, 2.75) is 19.5 Å². The molecule has 2 aromatic carbocycles. The number of hydrogen-bond acceptors (Lipinski definition) is 1. The SMILES string of the molecule is CC(NCc1cc(F)ccc1F)c1ccc(F)cc1. The Labute approximate surface area is 110 Å². The van der Waals surface area contributed by atoms with E-state index in [2.05, 4.69) is 5.32 Å². The molecule has 0 aliphatic rings. The van der Waals surface area contributed by atoms with Crippen molar-refractivity contribution in [1.29, 1.82) is 0 Å². The average molecular weight is 265 g/mol. The average Bonchev–Trinajstić information content (AvgIpc) is 2.40. The fourth-order valence-electron chi connectivity index (χ4n) is 1.81. The van der Waals surface area contributed by atoms with Crippen molar-refractivity contribution in [3.8, 4) is 0 Å². The van der Waals surface area contributed by atoms with E-state index in [0.717, 1.165) is 17.7 Å². The van der Waals surface area contributed by atoms with Crippen molar-refractivity contribution < 1.29 is 13.2 Å². The Kier molecular flexibility index (Phi) is 4.22. The van der Waals surface area contributed by atoms with Crippen molar-refractivity contribution in [2.24, 2.45) is 0 Å². The lowest BCUT2D eigenvalue weighted by Crippen LogP contribution is -2.18. The van der Waals surface area contributed by atoms with Crippen LogP contribution in [0.5, 0.6) is 0 Å². The number of nitrogens with one attached hydrogen (secondary N) is 1. The molecule has 100 valence electrons. The van der Waals surface area contributed by atoms with Gasteiger partial charge in [0, 0.05) is 18.2 Å². The van der Waals surface area contributed by atoms with Crippen LogP contribution in [0, 0.1) is 17.5 Å². The summed E-state index contributed by atoms with van der Waals surface area (Å²) in [5.74, 6) is -1.21. The second-order valence-corrected chi connectivity index (χ2v) is 4.39. The van der Waals surface area contributed by atoms with Crippen LogP contribution in [0.3, 0.4) is 0 Å². The van der Waals surface area contributed by atoms with Gasteiger partial charge < -0.3 is 5.32 Å². The fourth-order valence-corrected chi connectivity index (χ4v) is 1.81. The van der Waals surface area contributed by atoms with Crippen molar-refractivity contribution in [1.82, 2.24) is 5.32 Å². The first-order chi connectivity index (χ1) is 9.06. The topological polar surface area (TPSA) is 12.0 Å². The Morgan fingerprint density at radius 3 is 2.26 bits per heavy atom. The van der Waals surface area contributed by atoms with E-state index in [0.29, 0.717) is 0 Å². The van der Waals surface area contributed by atoms with E-state index < -0.39 is 11.6 Å². The first-order valence-electron chi connectivity index (χ1n) is 5.99. The lowest BCUT2D eigenvalue weighted by atomic mass is 10.1. The summed E-state index contributed by atoms with van der Waals surface area (Å²) in [5.41, 5.74) is 1.16. The summed E-state index contributed by atoms with van der Waals surface area (Å²) in [7, 11) is 0. The Balaban J connectivity index is 2.02. The van der Waals surface area contributed by atoms with Crippen LogP contribution in [0.25, 0.3) is 0 Å². The monoisotopic (exact) mass is 265 g/mol. The van der Waals surface area contributed by atoms with Crippen molar-refractivity contribution >= 4 is 0 Å². The highest BCUT2D eigenvalue weighted by atomic mass is 19.1. The Morgan fingerprint density at radius 1 is 0.947 bits per heavy atom. The fraction of sp³-hybridized carbons (Fsp3) is 0.200. The smallest absolute Gasteiger partial charge is 0.127 e. The molecule has 2 rings (SSSR count). The maximum Gasteiger partial charge on any atom is 0.127 e. The first-order valence-corrected chi connectivity index (χ1v) is 5.99. The molecule has 0 aliphatic heterocycles. The van der Waals surface area contributed by atoms with E-state index in [-0.39, 0.29) is 24.0 Å². The van der Waals surface area contributed by atoms with Gasteiger partial charge in [0.1, 0.15) is 17.5 Å². The molecule has 0 fully saturated rings. The number of rotatable bonds is 4. The predicted octanol–water partition coefficient (Wildman–Crippen LogP) is 3.95. The van der Waals surface area contributed by atoms with Gasteiger partial charge in [-0.25, -0.2) is 13.2 Å². The van der Waals surface area contributed by atoms with Crippen LogP contribution >= 0.6 is 0 Å². The van der Waals surface area contributed by atoms with Crippen LogP contribution in [0.1, 0.15) is 24.1 Å². The highest BCUT2D eigenvalue weighted by Crippen LogP contribution is 2.15. The molecule has 0 spiro atoms. The van der Waals surface area contributed by atoms with Crippen LogP contribution < -0.4 is 5.32 Å². The second-order valence-electron chi connectivity index (χ2n) is 4.39. The summed E-state index contributed by atoms with van der Waals surface area (Å²) < 4.78 is 39.2. The molecule has 1 nitrogen and oxygen atoms in total. The molecule has 0 radical (unpaired) electrons. The summed E-state index contributed by atoms with van der Waals surface area (Å²) in [5, 5.41) is 3.07. The molecule has 0 saturated heterocycles. The third-order valence-electron chi connectivity index (χ3n) is 2.98. The zero-order valence-electron chi connectivity index (χ0n) is 10.5. The van der Waals surface area contributed by atoms with Crippen LogP contribution in [0.15, 0.2) is 42.5 Å². The van der Waals surface area contributed by atoms with E-state index in [1.165, 1.54) is 18.2 Å². The van der Waals surface area contributed by atoms with E-state index in [4.69, 9.17) is 0 Å². The minimum Gasteiger partial charge on any atom is -0.306 e. The molecular formula is C15H14F3N. The van der Waals surface area contributed by atoms with Gasteiger partial charge in [-0.05, 0) is 42.8 Å². The Hall–Kier alpha value is -1.81. The van der Waals surface area contributed by atoms with Crippen molar-refractivity contribution in [3.05, 3.63) is 71.0 Å². The van der Waals surface area contributed by atoms with Crippen LogP contribution in [0.2, 0.25) is 0 Å². The van der Waals surface area contributed by atoms with Crippen molar-refractivity contribution in [2.75, 3.05) is 0 Å². The molecule has 0 amide bonds.